The summed E-state index contributed by atoms with van der Waals surface area (Å²) in [7, 11) is -2.32. The van der Waals surface area contributed by atoms with E-state index < -0.39 is 15.9 Å². The average molecular weight is 459 g/mol. The number of halogens is 1. The zero-order valence-electron chi connectivity index (χ0n) is 17.2. The Hall–Kier alpha value is -2.87. The van der Waals surface area contributed by atoms with Crippen molar-refractivity contribution in [2.24, 2.45) is 0 Å². The number of sulfonamides is 1. The molecule has 0 aliphatic carbocycles. The molecule has 0 aliphatic rings. The SMILES string of the molecule is COc1cc(CNC(=O)c2ccc(Cl)c(S(=O)(=O)NCc3ccccc3)c2)ccc1C. The van der Waals surface area contributed by atoms with Crippen LogP contribution in [0, 0.1) is 6.92 Å². The maximum atomic E-state index is 12.7. The molecule has 1 amide bonds. The molecule has 0 fully saturated rings. The molecule has 0 aliphatic heterocycles. The molecule has 31 heavy (non-hydrogen) atoms. The number of ether oxygens (including phenoxy) is 1. The minimum Gasteiger partial charge on any atom is -0.496 e. The molecule has 0 heterocycles. The number of hydrogen-bond donors (Lipinski definition) is 2. The van der Waals surface area contributed by atoms with Crippen molar-refractivity contribution in [1.29, 1.82) is 0 Å². The number of nitrogens with one attached hydrogen (secondary N) is 2. The third kappa shape index (κ3) is 5.85. The van der Waals surface area contributed by atoms with Crippen LogP contribution in [0.1, 0.15) is 27.0 Å². The molecule has 0 aromatic heterocycles. The Morgan fingerprint density at radius 1 is 0.968 bits per heavy atom. The molecule has 8 heteroatoms. The van der Waals surface area contributed by atoms with Crippen LogP contribution in [0.25, 0.3) is 0 Å². The van der Waals surface area contributed by atoms with E-state index in [-0.39, 0.29) is 28.6 Å². The van der Waals surface area contributed by atoms with Gasteiger partial charge in [0.15, 0.2) is 0 Å². The van der Waals surface area contributed by atoms with E-state index in [0.29, 0.717) is 0 Å². The first-order valence-corrected chi connectivity index (χ1v) is 11.4. The Bertz CT molecular complexity index is 1180. The fourth-order valence-electron chi connectivity index (χ4n) is 2.96. The minimum absolute atomic E-state index is 0.0420. The predicted octanol–water partition coefficient (Wildman–Crippen LogP) is 4.07. The van der Waals surface area contributed by atoms with Crippen LogP contribution in [-0.4, -0.2) is 21.4 Å². The average Bonchev–Trinajstić information content (AvgIpc) is 2.78. The highest BCUT2D eigenvalue weighted by molar-refractivity contribution is 7.89. The lowest BCUT2D eigenvalue weighted by Gasteiger charge is -2.12. The summed E-state index contributed by atoms with van der Waals surface area (Å²) in [5, 5.41) is 2.83. The second-order valence-corrected chi connectivity index (χ2v) is 9.08. The zero-order valence-corrected chi connectivity index (χ0v) is 18.8. The first-order valence-electron chi connectivity index (χ1n) is 9.55. The van der Waals surface area contributed by atoms with Crippen molar-refractivity contribution in [2.75, 3.05) is 7.11 Å². The summed E-state index contributed by atoms with van der Waals surface area (Å²) in [6, 6.07) is 18.9. The van der Waals surface area contributed by atoms with Crippen LogP contribution >= 0.6 is 11.6 Å². The Morgan fingerprint density at radius 2 is 1.71 bits per heavy atom. The fourth-order valence-corrected chi connectivity index (χ4v) is 4.50. The summed E-state index contributed by atoms with van der Waals surface area (Å²) in [6.45, 7) is 2.32. The van der Waals surface area contributed by atoms with Crippen molar-refractivity contribution < 1.29 is 17.9 Å². The lowest BCUT2D eigenvalue weighted by atomic mass is 10.1. The van der Waals surface area contributed by atoms with Crippen molar-refractivity contribution >= 4 is 27.5 Å². The van der Waals surface area contributed by atoms with Gasteiger partial charge in [0.2, 0.25) is 10.0 Å². The van der Waals surface area contributed by atoms with Crippen LogP contribution in [0.3, 0.4) is 0 Å². The summed E-state index contributed by atoms with van der Waals surface area (Å²) in [4.78, 5) is 12.5. The van der Waals surface area contributed by atoms with E-state index in [0.717, 1.165) is 22.4 Å². The van der Waals surface area contributed by atoms with E-state index >= 15 is 0 Å². The van der Waals surface area contributed by atoms with Gasteiger partial charge in [-0.25, -0.2) is 13.1 Å². The number of carbonyl (C=O) groups excluding carboxylic acids is 1. The molecule has 0 atom stereocenters. The molecule has 0 unspecified atom stereocenters. The predicted molar refractivity (Wildman–Crippen MR) is 121 cm³/mol. The van der Waals surface area contributed by atoms with Crippen molar-refractivity contribution in [1.82, 2.24) is 10.0 Å². The number of rotatable bonds is 8. The van der Waals surface area contributed by atoms with Gasteiger partial charge in [-0.2, -0.15) is 0 Å². The Balaban J connectivity index is 1.72. The van der Waals surface area contributed by atoms with Gasteiger partial charge in [-0.05, 0) is 47.9 Å². The quantitative estimate of drug-likeness (QED) is 0.533. The highest BCUT2D eigenvalue weighted by Gasteiger charge is 2.20. The standard InChI is InChI=1S/C23H23ClN2O4S/c1-16-8-9-18(12-21(16)30-2)14-25-23(27)19-10-11-20(24)22(13-19)31(28,29)26-15-17-6-4-3-5-7-17/h3-13,26H,14-15H2,1-2H3,(H,25,27). The van der Waals surface area contributed by atoms with Crippen LogP contribution in [0.5, 0.6) is 5.75 Å². The molecule has 3 aromatic carbocycles. The molecule has 0 bridgehead atoms. The van der Waals surface area contributed by atoms with Gasteiger partial charge in [-0.3, -0.25) is 4.79 Å². The molecule has 2 N–H and O–H groups in total. The van der Waals surface area contributed by atoms with Gasteiger partial charge >= 0.3 is 0 Å². The first kappa shape index (κ1) is 22.8. The highest BCUT2D eigenvalue weighted by Crippen LogP contribution is 2.23. The van der Waals surface area contributed by atoms with Crippen LogP contribution in [-0.2, 0) is 23.1 Å². The molecular formula is C23H23ClN2O4S. The molecule has 162 valence electrons. The van der Waals surface area contributed by atoms with Crippen LogP contribution in [0.15, 0.2) is 71.6 Å². The summed E-state index contributed by atoms with van der Waals surface area (Å²) < 4.78 is 33.3. The maximum Gasteiger partial charge on any atom is 0.251 e. The molecular weight excluding hydrogens is 436 g/mol. The molecule has 3 rings (SSSR count). The van der Waals surface area contributed by atoms with Crippen molar-refractivity contribution in [2.45, 2.75) is 24.9 Å². The third-order valence-electron chi connectivity index (χ3n) is 4.72. The highest BCUT2D eigenvalue weighted by atomic mass is 35.5. The summed E-state index contributed by atoms with van der Waals surface area (Å²) >= 11 is 6.12. The van der Waals surface area contributed by atoms with Crippen LogP contribution < -0.4 is 14.8 Å². The number of hydrogen-bond acceptors (Lipinski definition) is 4. The van der Waals surface area contributed by atoms with E-state index in [4.69, 9.17) is 16.3 Å². The lowest BCUT2D eigenvalue weighted by molar-refractivity contribution is 0.0950. The largest absolute Gasteiger partial charge is 0.496 e. The number of methoxy groups -OCH3 is 1. The zero-order chi connectivity index (χ0) is 22.4. The van der Waals surface area contributed by atoms with Gasteiger partial charge < -0.3 is 10.1 Å². The topological polar surface area (TPSA) is 84.5 Å². The van der Waals surface area contributed by atoms with Gasteiger partial charge in [0.1, 0.15) is 10.6 Å². The number of aryl methyl sites for hydroxylation is 1. The summed E-state index contributed by atoms with van der Waals surface area (Å²) in [5.41, 5.74) is 2.86. The van der Waals surface area contributed by atoms with Crippen molar-refractivity contribution in [3.8, 4) is 5.75 Å². The first-order chi connectivity index (χ1) is 14.8. The molecule has 0 saturated heterocycles. The van der Waals surface area contributed by atoms with Gasteiger partial charge in [-0.15, -0.1) is 0 Å². The Labute approximate surface area is 187 Å². The van der Waals surface area contributed by atoms with Gasteiger partial charge in [0.25, 0.3) is 5.91 Å². The molecule has 3 aromatic rings. The second kappa shape index (κ2) is 9.96. The number of amides is 1. The molecule has 0 radical (unpaired) electrons. The molecule has 6 nitrogen and oxygen atoms in total. The van der Waals surface area contributed by atoms with E-state index in [2.05, 4.69) is 10.0 Å². The monoisotopic (exact) mass is 458 g/mol. The third-order valence-corrected chi connectivity index (χ3v) is 6.60. The second-order valence-electron chi connectivity index (χ2n) is 6.94. The molecule has 0 saturated carbocycles. The molecule has 0 spiro atoms. The number of benzene rings is 3. The van der Waals surface area contributed by atoms with Crippen LogP contribution in [0.4, 0.5) is 0 Å². The van der Waals surface area contributed by atoms with Gasteiger partial charge in [-0.1, -0.05) is 54.1 Å². The van der Waals surface area contributed by atoms with E-state index in [9.17, 15) is 13.2 Å². The van der Waals surface area contributed by atoms with Gasteiger partial charge in [0, 0.05) is 18.7 Å². The van der Waals surface area contributed by atoms with Crippen LogP contribution in [0.2, 0.25) is 5.02 Å². The maximum absolute atomic E-state index is 12.7. The summed E-state index contributed by atoms with van der Waals surface area (Å²) in [5.74, 6) is 0.326. The normalized spacial score (nSPS) is 11.2. The Kier molecular flexibility index (Phi) is 7.33. The van der Waals surface area contributed by atoms with E-state index in [1.54, 1.807) is 7.11 Å². The van der Waals surface area contributed by atoms with E-state index in [1.807, 2.05) is 55.5 Å². The van der Waals surface area contributed by atoms with E-state index in [1.165, 1.54) is 18.2 Å². The van der Waals surface area contributed by atoms with Crippen molar-refractivity contribution in [3.05, 3.63) is 94.0 Å². The van der Waals surface area contributed by atoms with Crippen molar-refractivity contribution in [3.63, 3.8) is 0 Å². The summed E-state index contributed by atoms with van der Waals surface area (Å²) in [6.07, 6.45) is 0. The fraction of sp³-hybridized carbons (Fsp3) is 0.174. The Morgan fingerprint density at radius 3 is 2.42 bits per heavy atom. The van der Waals surface area contributed by atoms with Gasteiger partial charge in [0.05, 0.1) is 12.1 Å². The minimum atomic E-state index is -3.90. The number of carbonyl (C=O) groups is 1. The smallest absolute Gasteiger partial charge is 0.251 e. The lowest BCUT2D eigenvalue weighted by Crippen LogP contribution is -2.25.